The Hall–Kier alpha value is -3.18. The van der Waals surface area contributed by atoms with Gasteiger partial charge in [-0.25, -0.2) is 0 Å². The first kappa shape index (κ1) is 17.6. The first-order valence-electron chi connectivity index (χ1n) is 8.28. The summed E-state index contributed by atoms with van der Waals surface area (Å²) < 4.78 is 10.8. The quantitative estimate of drug-likeness (QED) is 0.702. The third kappa shape index (κ3) is 4.91. The van der Waals surface area contributed by atoms with Gasteiger partial charge in [0.25, 0.3) is 5.91 Å². The molecule has 0 saturated carbocycles. The van der Waals surface area contributed by atoms with E-state index in [1.54, 1.807) is 25.4 Å². The molecule has 0 atom stereocenters. The van der Waals surface area contributed by atoms with Crippen LogP contribution in [0.1, 0.15) is 21.6 Å². The Bertz CT molecular complexity index is 831. The standard InChI is InChI=1S/C21H20N2O3/c1-25-15-18-10-9-17(14-22-18)21(24)23-13-16-7-11-20(12-8-16)26-19-5-3-2-4-6-19/h2-12,14H,13,15H2,1H3,(H,23,24). The van der Waals surface area contributed by atoms with Crippen molar-refractivity contribution in [3.8, 4) is 11.5 Å². The minimum atomic E-state index is -0.161. The number of nitrogens with zero attached hydrogens (tertiary/aromatic N) is 1. The van der Waals surface area contributed by atoms with Crippen LogP contribution in [0, 0.1) is 0 Å². The van der Waals surface area contributed by atoms with E-state index in [4.69, 9.17) is 9.47 Å². The number of carbonyl (C=O) groups excluding carboxylic acids is 1. The zero-order valence-electron chi connectivity index (χ0n) is 14.5. The predicted octanol–water partition coefficient (Wildman–Crippen LogP) is 3.95. The summed E-state index contributed by atoms with van der Waals surface area (Å²) in [7, 11) is 1.61. The molecule has 0 bridgehead atoms. The number of hydrogen-bond acceptors (Lipinski definition) is 4. The average molecular weight is 348 g/mol. The number of hydrogen-bond donors (Lipinski definition) is 1. The monoisotopic (exact) mass is 348 g/mol. The van der Waals surface area contributed by atoms with Crippen LogP contribution in [0.3, 0.4) is 0 Å². The fourth-order valence-electron chi connectivity index (χ4n) is 2.38. The van der Waals surface area contributed by atoms with E-state index in [1.165, 1.54) is 0 Å². The van der Waals surface area contributed by atoms with Gasteiger partial charge in [0.15, 0.2) is 0 Å². The maximum absolute atomic E-state index is 12.2. The number of ether oxygens (including phenoxy) is 2. The van der Waals surface area contributed by atoms with Crippen LogP contribution < -0.4 is 10.1 Å². The number of nitrogens with one attached hydrogen (secondary N) is 1. The minimum Gasteiger partial charge on any atom is -0.457 e. The number of benzene rings is 2. The number of aromatic nitrogens is 1. The number of carbonyl (C=O) groups is 1. The van der Waals surface area contributed by atoms with Gasteiger partial charge in [-0.1, -0.05) is 30.3 Å². The summed E-state index contributed by atoms with van der Waals surface area (Å²) in [5.74, 6) is 1.38. The topological polar surface area (TPSA) is 60.5 Å². The lowest BCUT2D eigenvalue weighted by molar-refractivity contribution is 0.0950. The molecule has 5 heteroatoms. The Balaban J connectivity index is 1.53. The van der Waals surface area contributed by atoms with Crippen molar-refractivity contribution in [1.82, 2.24) is 10.3 Å². The first-order valence-corrected chi connectivity index (χ1v) is 8.28. The molecule has 0 aliphatic heterocycles. The van der Waals surface area contributed by atoms with E-state index in [2.05, 4.69) is 10.3 Å². The van der Waals surface area contributed by atoms with Gasteiger partial charge in [0.05, 0.1) is 17.9 Å². The Morgan fingerprint density at radius 2 is 1.69 bits per heavy atom. The molecule has 1 heterocycles. The van der Waals surface area contributed by atoms with Crippen molar-refractivity contribution in [2.45, 2.75) is 13.2 Å². The molecule has 1 N–H and O–H groups in total. The Morgan fingerprint density at radius 1 is 0.962 bits per heavy atom. The Labute approximate surface area is 152 Å². The second-order valence-corrected chi connectivity index (χ2v) is 5.71. The van der Waals surface area contributed by atoms with Gasteiger partial charge in [0.2, 0.25) is 0 Å². The van der Waals surface area contributed by atoms with Crippen molar-refractivity contribution >= 4 is 5.91 Å². The highest BCUT2D eigenvalue weighted by molar-refractivity contribution is 5.93. The number of pyridine rings is 1. The molecule has 3 rings (SSSR count). The van der Waals surface area contributed by atoms with Gasteiger partial charge in [0, 0.05) is 19.9 Å². The van der Waals surface area contributed by atoms with Crippen LogP contribution in [0.15, 0.2) is 72.9 Å². The second kappa shape index (κ2) is 8.78. The average Bonchev–Trinajstić information content (AvgIpc) is 2.69. The highest BCUT2D eigenvalue weighted by Gasteiger charge is 2.06. The molecule has 0 radical (unpaired) electrons. The van der Waals surface area contributed by atoms with Crippen molar-refractivity contribution in [3.05, 3.63) is 89.7 Å². The van der Waals surface area contributed by atoms with Crippen LogP contribution in [0.5, 0.6) is 11.5 Å². The van der Waals surface area contributed by atoms with Crippen LogP contribution in [-0.2, 0) is 17.9 Å². The lowest BCUT2D eigenvalue weighted by Gasteiger charge is -2.08. The number of rotatable bonds is 7. The lowest BCUT2D eigenvalue weighted by atomic mass is 10.2. The molecule has 3 aromatic rings. The molecular formula is C21H20N2O3. The second-order valence-electron chi connectivity index (χ2n) is 5.71. The summed E-state index contributed by atoms with van der Waals surface area (Å²) in [5, 5.41) is 2.88. The van der Waals surface area contributed by atoms with Crippen LogP contribution in [-0.4, -0.2) is 18.0 Å². The number of para-hydroxylation sites is 1. The fraction of sp³-hybridized carbons (Fsp3) is 0.143. The van der Waals surface area contributed by atoms with Gasteiger partial charge in [0.1, 0.15) is 11.5 Å². The largest absolute Gasteiger partial charge is 0.457 e. The molecule has 5 nitrogen and oxygen atoms in total. The van der Waals surface area contributed by atoms with Crippen LogP contribution in [0.4, 0.5) is 0 Å². The van der Waals surface area contributed by atoms with Gasteiger partial charge >= 0.3 is 0 Å². The molecule has 0 aliphatic rings. The highest BCUT2D eigenvalue weighted by Crippen LogP contribution is 2.21. The zero-order valence-corrected chi connectivity index (χ0v) is 14.5. The van der Waals surface area contributed by atoms with Crippen LogP contribution in [0.25, 0.3) is 0 Å². The Morgan fingerprint density at radius 3 is 2.35 bits per heavy atom. The molecule has 26 heavy (non-hydrogen) atoms. The lowest BCUT2D eigenvalue weighted by Crippen LogP contribution is -2.22. The molecule has 0 spiro atoms. The van der Waals surface area contributed by atoms with Gasteiger partial charge in [-0.15, -0.1) is 0 Å². The predicted molar refractivity (Wildman–Crippen MR) is 99.1 cm³/mol. The third-order valence-electron chi connectivity index (χ3n) is 3.73. The van der Waals surface area contributed by atoms with E-state index in [0.29, 0.717) is 18.7 Å². The smallest absolute Gasteiger partial charge is 0.253 e. The fourth-order valence-corrected chi connectivity index (χ4v) is 2.38. The first-order chi connectivity index (χ1) is 12.7. The molecule has 0 aliphatic carbocycles. The van der Waals surface area contributed by atoms with E-state index in [0.717, 1.165) is 22.8 Å². The summed E-state index contributed by atoms with van der Waals surface area (Å²) >= 11 is 0. The van der Waals surface area contributed by atoms with Crippen molar-refractivity contribution in [1.29, 1.82) is 0 Å². The maximum Gasteiger partial charge on any atom is 0.253 e. The highest BCUT2D eigenvalue weighted by atomic mass is 16.5. The molecule has 1 amide bonds. The molecule has 1 aromatic heterocycles. The zero-order chi connectivity index (χ0) is 18.2. The van der Waals surface area contributed by atoms with Crippen LogP contribution in [0.2, 0.25) is 0 Å². The normalized spacial score (nSPS) is 10.3. The summed E-state index contributed by atoms with van der Waals surface area (Å²) in [6.07, 6.45) is 1.56. The van der Waals surface area contributed by atoms with E-state index >= 15 is 0 Å². The van der Waals surface area contributed by atoms with E-state index in [9.17, 15) is 4.79 Å². The molecule has 2 aromatic carbocycles. The van der Waals surface area contributed by atoms with Crippen LogP contribution >= 0.6 is 0 Å². The molecule has 0 saturated heterocycles. The third-order valence-corrected chi connectivity index (χ3v) is 3.73. The van der Waals surface area contributed by atoms with Gasteiger partial charge in [-0.3, -0.25) is 9.78 Å². The molecular weight excluding hydrogens is 328 g/mol. The Kier molecular flexibility index (Phi) is 5.96. The number of methoxy groups -OCH3 is 1. The van der Waals surface area contributed by atoms with E-state index < -0.39 is 0 Å². The van der Waals surface area contributed by atoms with Crippen molar-refractivity contribution in [2.75, 3.05) is 7.11 Å². The maximum atomic E-state index is 12.2. The van der Waals surface area contributed by atoms with Crippen molar-refractivity contribution in [3.63, 3.8) is 0 Å². The van der Waals surface area contributed by atoms with Gasteiger partial charge in [-0.2, -0.15) is 0 Å². The minimum absolute atomic E-state index is 0.161. The summed E-state index contributed by atoms with van der Waals surface area (Å²) in [5.41, 5.74) is 2.30. The summed E-state index contributed by atoms with van der Waals surface area (Å²) in [6.45, 7) is 0.865. The summed E-state index contributed by atoms with van der Waals surface area (Å²) in [4.78, 5) is 16.4. The summed E-state index contributed by atoms with van der Waals surface area (Å²) in [6, 6.07) is 20.8. The molecule has 0 fully saturated rings. The molecule has 0 unspecified atom stereocenters. The molecule has 132 valence electrons. The van der Waals surface area contributed by atoms with E-state index in [1.807, 2.05) is 54.6 Å². The number of amides is 1. The van der Waals surface area contributed by atoms with Crippen molar-refractivity contribution in [2.24, 2.45) is 0 Å². The van der Waals surface area contributed by atoms with E-state index in [-0.39, 0.29) is 5.91 Å². The van der Waals surface area contributed by atoms with Gasteiger partial charge in [-0.05, 0) is 42.0 Å². The van der Waals surface area contributed by atoms with Gasteiger partial charge < -0.3 is 14.8 Å². The SMILES string of the molecule is COCc1ccc(C(=O)NCc2ccc(Oc3ccccc3)cc2)cn1. The van der Waals surface area contributed by atoms with Crippen molar-refractivity contribution < 1.29 is 14.3 Å².